The molecule has 0 heterocycles. The van der Waals surface area contributed by atoms with Crippen molar-refractivity contribution in [1.29, 1.82) is 0 Å². The molecular weight excluding hydrogens is 224 g/mol. The van der Waals surface area contributed by atoms with Crippen LogP contribution in [0.1, 0.15) is 30.9 Å². The molecule has 3 nitrogen and oxygen atoms in total. The van der Waals surface area contributed by atoms with Crippen molar-refractivity contribution in [2.24, 2.45) is 5.73 Å². The predicted molar refractivity (Wildman–Crippen MR) is 64.2 cm³/mol. The van der Waals surface area contributed by atoms with E-state index in [9.17, 15) is 4.79 Å². The SMILES string of the molecule is NC(CC(=O)NC1CC1)c1ccccc1Cl. The van der Waals surface area contributed by atoms with Gasteiger partial charge in [0, 0.05) is 23.5 Å². The van der Waals surface area contributed by atoms with Gasteiger partial charge >= 0.3 is 0 Å². The Morgan fingerprint density at radius 3 is 2.81 bits per heavy atom. The molecule has 2 rings (SSSR count). The first-order valence-electron chi connectivity index (χ1n) is 5.46. The summed E-state index contributed by atoms with van der Waals surface area (Å²) in [5, 5.41) is 3.53. The van der Waals surface area contributed by atoms with Gasteiger partial charge in [0.1, 0.15) is 0 Å². The number of carbonyl (C=O) groups excluding carboxylic acids is 1. The lowest BCUT2D eigenvalue weighted by molar-refractivity contribution is -0.121. The standard InChI is InChI=1S/C12H15ClN2O/c13-10-4-2-1-3-9(10)11(14)7-12(16)15-8-5-6-8/h1-4,8,11H,5-7,14H2,(H,15,16). The number of carbonyl (C=O) groups is 1. The molecule has 1 aromatic carbocycles. The highest BCUT2D eigenvalue weighted by Gasteiger charge is 2.24. The first kappa shape index (κ1) is 11.4. The van der Waals surface area contributed by atoms with Gasteiger partial charge < -0.3 is 11.1 Å². The third-order valence-corrected chi connectivity index (χ3v) is 3.00. The second-order valence-corrected chi connectivity index (χ2v) is 4.58. The summed E-state index contributed by atoms with van der Waals surface area (Å²) in [6.07, 6.45) is 2.47. The van der Waals surface area contributed by atoms with Gasteiger partial charge in [-0.3, -0.25) is 4.79 Å². The molecule has 1 saturated carbocycles. The van der Waals surface area contributed by atoms with Gasteiger partial charge in [-0.15, -0.1) is 0 Å². The van der Waals surface area contributed by atoms with Crippen LogP contribution in [0.5, 0.6) is 0 Å². The molecule has 0 aliphatic heterocycles. The summed E-state index contributed by atoms with van der Waals surface area (Å²) in [5.74, 6) is 0.00918. The van der Waals surface area contributed by atoms with Gasteiger partial charge in [0.2, 0.25) is 5.91 Å². The van der Waals surface area contributed by atoms with Crippen LogP contribution in [0.4, 0.5) is 0 Å². The molecule has 1 amide bonds. The predicted octanol–water partition coefficient (Wildman–Crippen LogP) is 2.01. The molecular formula is C12H15ClN2O. The second-order valence-electron chi connectivity index (χ2n) is 4.17. The van der Waals surface area contributed by atoms with Gasteiger partial charge in [-0.1, -0.05) is 29.8 Å². The third kappa shape index (κ3) is 2.97. The molecule has 1 aliphatic carbocycles. The largest absolute Gasteiger partial charge is 0.353 e. The fourth-order valence-electron chi connectivity index (χ4n) is 1.60. The van der Waals surface area contributed by atoms with Crippen LogP contribution in [-0.4, -0.2) is 11.9 Å². The number of hydrogen-bond acceptors (Lipinski definition) is 2. The van der Waals surface area contributed by atoms with Crippen molar-refractivity contribution in [3.63, 3.8) is 0 Å². The molecule has 1 aliphatic rings. The zero-order valence-corrected chi connectivity index (χ0v) is 9.70. The van der Waals surface area contributed by atoms with Crippen LogP contribution in [0.3, 0.4) is 0 Å². The summed E-state index contributed by atoms with van der Waals surface area (Å²) >= 11 is 6.01. The Kier molecular flexibility index (Phi) is 3.46. The molecule has 0 saturated heterocycles. The van der Waals surface area contributed by atoms with Crippen molar-refractivity contribution in [3.8, 4) is 0 Å². The summed E-state index contributed by atoms with van der Waals surface area (Å²) in [7, 11) is 0. The smallest absolute Gasteiger partial charge is 0.222 e. The monoisotopic (exact) mass is 238 g/mol. The van der Waals surface area contributed by atoms with Crippen LogP contribution in [-0.2, 0) is 4.79 Å². The minimum Gasteiger partial charge on any atom is -0.353 e. The van der Waals surface area contributed by atoms with Crippen molar-refractivity contribution in [2.75, 3.05) is 0 Å². The van der Waals surface area contributed by atoms with Gasteiger partial charge in [-0.25, -0.2) is 0 Å². The van der Waals surface area contributed by atoms with E-state index in [1.165, 1.54) is 0 Å². The summed E-state index contributed by atoms with van der Waals surface area (Å²) in [6.45, 7) is 0. The van der Waals surface area contributed by atoms with E-state index in [0.29, 0.717) is 17.5 Å². The minimum atomic E-state index is -0.326. The van der Waals surface area contributed by atoms with Crippen molar-refractivity contribution < 1.29 is 4.79 Å². The van der Waals surface area contributed by atoms with Crippen molar-refractivity contribution in [2.45, 2.75) is 31.3 Å². The molecule has 3 N–H and O–H groups in total. The zero-order chi connectivity index (χ0) is 11.5. The molecule has 1 atom stereocenters. The summed E-state index contributed by atoms with van der Waals surface area (Å²) in [4.78, 5) is 11.6. The zero-order valence-electron chi connectivity index (χ0n) is 8.95. The van der Waals surface area contributed by atoms with E-state index < -0.39 is 0 Å². The first-order chi connectivity index (χ1) is 7.66. The maximum Gasteiger partial charge on any atom is 0.222 e. The molecule has 0 bridgehead atoms. The number of nitrogens with two attached hydrogens (primary N) is 1. The van der Waals surface area contributed by atoms with E-state index in [1.807, 2.05) is 18.2 Å². The number of benzene rings is 1. The molecule has 0 spiro atoms. The molecule has 0 radical (unpaired) electrons. The number of hydrogen-bond donors (Lipinski definition) is 2. The minimum absolute atomic E-state index is 0.00918. The molecule has 1 unspecified atom stereocenters. The van der Waals surface area contributed by atoms with E-state index >= 15 is 0 Å². The van der Waals surface area contributed by atoms with Gasteiger partial charge in [0.15, 0.2) is 0 Å². The highest BCUT2D eigenvalue weighted by atomic mass is 35.5. The lowest BCUT2D eigenvalue weighted by Gasteiger charge is -2.13. The quantitative estimate of drug-likeness (QED) is 0.843. The third-order valence-electron chi connectivity index (χ3n) is 2.65. The van der Waals surface area contributed by atoms with Gasteiger partial charge in [0.25, 0.3) is 0 Å². The Bertz CT molecular complexity index is 390. The maximum absolute atomic E-state index is 11.6. The van der Waals surface area contributed by atoms with E-state index in [-0.39, 0.29) is 11.9 Å². The van der Waals surface area contributed by atoms with E-state index in [1.54, 1.807) is 6.07 Å². The van der Waals surface area contributed by atoms with E-state index in [0.717, 1.165) is 18.4 Å². The van der Waals surface area contributed by atoms with E-state index in [4.69, 9.17) is 17.3 Å². The number of rotatable bonds is 4. The Morgan fingerprint density at radius 1 is 1.50 bits per heavy atom. The van der Waals surface area contributed by atoms with Crippen LogP contribution in [0.25, 0.3) is 0 Å². The topological polar surface area (TPSA) is 55.1 Å². The fraction of sp³-hybridized carbons (Fsp3) is 0.417. The Hall–Kier alpha value is -1.06. The highest BCUT2D eigenvalue weighted by molar-refractivity contribution is 6.31. The average Bonchev–Trinajstić information content (AvgIpc) is 3.01. The lowest BCUT2D eigenvalue weighted by Crippen LogP contribution is -2.29. The fourth-order valence-corrected chi connectivity index (χ4v) is 1.88. The van der Waals surface area contributed by atoms with Crippen molar-refractivity contribution in [1.82, 2.24) is 5.32 Å². The Labute approximate surface area is 100.0 Å². The normalized spacial score (nSPS) is 16.9. The van der Waals surface area contributed by atoms with Gasteiger partial charge in [-0.2, -0.15) is 0 Å². The second kappa shape index (κ2) is 4.85. The first-order valence-corrected chi connectivity index (χ1v) is 5.84. The average molecular weight is 239 g/mol. The molecule has 1 fully saturated rings. The summed E-state index contributed by atoms with van der Waals surface area (Å²) in [5.41, 5.74) is 6.78. The van der Waals surface area contributed by atoms with Crippen LogP contribution in [0.15, 0.2) is 24.3 Å². The Morgan fingerprint density at radius 2 is 2.19 bits per heavy atom. The highest BCUT2D eigenvalue weighted by Crippen LogP contribution is 2.24. The van der Waals surface area contributed by atoms with Crippen LogP contribution >= 0.6 is 11.6 Å². The summed E-state index contributed by atoms with van der Waals surface area (Å²) < 4.78 is 0. The van der Waals surface area contributed by atoms with Crippen LogP contribution in [0.2, 0.25) is 5.02 Å². The summed E-state index contributed by atoms with van der Waals surface area (Å²) in [6, 6.07) is 7.42. The van der Waals surface area contributed by atoms with Gasteiger partial charge in [-0.05, 0) is 24.5 Å². The van der Waals surface area contributed by atoms with E-state index in [2.05, 4.69) is 5.32 Å². The van der Waals surface area contributed by atoms with Crippen LogP contribution < -0.4 is 11.1 Å². The number of nitrogens with one attached hydrogen (secondary N) is 1. The number of halogens is 1. The molecule has 1 aromatic rings. The van der Waals surface area contributed by atoms with Crippen molar-refractivity contribution in [3.05, 3.63) is 34.9 Å². The molecule has 4 heteroatoms. The van der Waals surface area contributed by atoms with Crippen LogP contribution in [0, 0.1) is 0 Å². The Balaban J connectivity index is 1.93. The molecule has 86 valence electrons. The molecule has 16 heavy (non-hydrogen) atoms. The molecule has 0 aromatic heterocycles. The van der Waals surface area contributed by atoms with Crippen molar-refractivity contribution >= 4 is 17.5 Å². The lowest BCUT2D eigenvalue weighted by atomic mass is 10.0. The number of amides is 1. The maximum atomic E-state index is 11.6. The van der Waals surface area contributed by atoms with Gasteiger partial charge in [0.05, 0.1) is 0 Å².